The number of nitrogens with one attached hydrogen (secondary N) is 1. The Labute approximate surface area is 76.5 Å². The Morgan fingerprint density at radius 1 is 1.54 bits per heavy atom. The predicted octanol–water partition coefficient (Wildman–Crippen LogP) is 1.13. The Morgan fingerprint density at radius 3 is 2.92 bits per heavy atom. The molecule has 0 amide bonds. The number of hydrogen-bond donors (Lipinski definition) is 3. The first kappa shape index (κ1) is 9.70. The van der Waals surface area contributed by atoms with Gasteiger partial charge in [-0.1, -0.05) is 12.1 Å². The summed E-state index contributed by atoms with van der Waals surface area (Å²) in [4.78, 5) is 3.94. The van der Waals surface area contributed by atoms with Crippen molar-refractivity contribution in [3.63, 3.8) is 0 Å². The zero-order valence-electron chi connectivity index (χ0n) is 7.36. The van der Waals surface area contributed by atoms with Crippen molar-refractivity contribution in [2.45, 2.75) is 13.5 Å². The van der Waals surface area contributed by atoms with Crippen LogP contribution in [0.1, 0.15) is 11.1 Å². The molecule has 0 heterocycles. The van der Waals surface area contributed by atoms with E-state index in [1.807, 2.05) is 30.6 Å². The molecule has 0 aliphatic rings. The van der Waals surface area contributed by atoms with Gasteiger partial charge in [-0.05, 0) is 24.1 Å². The molecule has 1 rings (SSSR count). The van der Waals surface area contributed by atoms with Gasteiger partial charge in [-0.25, -0.2) is 4.99 Å². The highest BCUT2D eigenvalue weighted by atomic mass is 16.5. The number of aliphatic hydroxyl groups excluding tert-OH is 1. The predicted molar refractivity (Wildman–Crippen MR) is 50.2 cm³/mol. The number of rotatable bonds is 3. The number of hydroxylamine groups is 1. The van der Waals surface area contributed by atoms with Crippen LogP contribution in [-0.2, 0) is 6.61 Å². The third kappa shape index (κ3) is 2.27. The second-order valence-electron chi connectivity index (χ2n) is 2.61. The van der Waals surface area contributed by atoms with Crippen LogP contribution in [-0.4, -0.2) is 16.7 Å². The van der Waals surface area contributed by atoms with Gasteiger partial charge in [0, 0.05) is 0 Å². The Balaban J connectivity index is 3.01. The number of nitrogens with zero attached hydrogens (tertiary/aromatic N) is 1. The molecule has 3 N–H and O–H groups in total. The molecule has 1 aromatic carbocycles. The van der Waals surface area contributed by atoms with Crippen molar-refractivity contribution in [2.75, 3.05) is 0 Å². The van der Waals surface area contributed by atoms with Gasteiger partial charge in [0.05, 0.1) is 12.3 Å². The van der Waals surface area contributed by atoms with E-state index in [2.05, 4.69) is 4.99 Å². The summed E-state index contributed by atoms with van der Waals surface area (Å²) in [6.07, 6.45) is 1.18. The number of aliphatic imine (C=N–C) groups is 1. The van der Waals surface area contributed by atoms with E-state index in [0.29, 0.717) is 0 Å². The van der Waals surface area contributed by atoms with Gasteiger partial charge in [0.25, 0.3) is 0 Å². The van der Waals surface area contributed by atoms with Crippen molar-refractivity contribution in [1.82, 2.24) is 5.48 Å². The lowest BCUT2D eigenvalue weighted by atomic mass is 10.1. The van der Waals surface area contributed by atoms with Crippen LogP contribution < -0.4 is 5.48 Å². The van der Waals surface area contributed by atoms with Gasteiger partial charge in [0.15, 0.2) is 0 Å². The van der Waals surface area contributed by atoms with Crippen molar-refractivity contribution in [1.29, 1.82) is 0 Å². The summed E-state index contributed by atoms with van der Waals surface area (Å²) in [6.45, 7) is 1.87. The van der Waals surface area contributed by atoms with Gasteiger partial charge in [0.2, 0.25) is 0 Å². The average molecular weight is 180 g/mol. The number of hydrogen-bond acceptors (Lipinski definition) is 3. The molecule has 0 aliphatic heterocycles. The molecule has 0 spiro atoms. The fourth-order valence-corrected chi connectivity index (χ4v) is 1.08. The Morgan fingerprint density at radius 2 is 2.31 bits per heavy atom. The lowest BCUT2D eigenvalue weighted by molar-refractivity contribution is 0.240. The number of aliphatic hydroxyl groups is 1. The fourth-order valence-electron chi connectivity index (χ4n) is 1.08. The minimum Gasteiger partial charge on any atom is -0.392 e. The van der Waals surface area contributed by atoms with E-state index in [4.69, 9.17) is 10.3 Å². The van der Waals surface area contributed by atoms with E-state index in [1.54, 1.807) is 0 Å². The molecule has 0 aliphatic carbocycles. The summed E-state index contributed by atoms with van der Waals surface area (Å²) in [7, 11) is 0. The quantitative estimate of drug-likeness (QED) is 0.371. The SMILES string of the molecule is Cc1c(CO)cccc1N=CNO. The molecule has 0 bridgehead atoms. The lowest BCUT2D eigenvalue weighted by Gasteiger charge is -2.04. The summed E-state index contributed by atoms with van der Waals surface area (Å²) in [5, 5.41) is 17.2. The monoisotopic (exact) mass is 180 g/mol. The minimum atomic E-state index is 0.00173. The molecule has 0 aromatic heterocycles. The molecular weight excluding hydrogens is 168 g/mol. The molecule has 0 radical (unpaired) electrons. The van der Waals surface area contributed by atoms with Crippen LogP contribution >= 0.6 is 0 Å². The van der Waals surface area contributed by atoms with Crippen molar-refractivity contribution < 1.29 is 10.3 Å². The maximum Gasteiger partial charge on any atom is 0.113 e. The van der Waals surface area contributed by atoms with Crippen molar-refractivity contribution in [2.24, 2.45) is 4.99 Å². The largest absolute Gasteiger partial charge is 0.392 e. The number of benzene rings is 1. The lowest BCUT2D eigenvalue weighted by Crippen LogP contribution is -2.01. The van der Waals surface area contributed by atoms with E-state index in [-0.39, 0.29) is 6.61 Å². The van der Waals surface area contributed by atoms with Gasteiger partial charge >= 0.3 is 0 Å². The molecule has 4 nitrogen and oxygen atoms in total. The van der Waals surface area contributed by atoms with Crippen LogP contribution in [0.15, 0.2) is 23.2 Å². The zero-order chi connectivity index (χ0) is 9.68. The summed E-state index contributed by atoms with van der Waals surface area (Å²) in [5.74, 6) is 0. The first-order valence-electron chi connectivity index (χ1n) is 3.91. The van der Waals surface area contributed by atoms with Gasteiger partial charge in [0.1, 0.15) is 6.34 Å². The molecule has 1 aromatic rings. The van der Waals surface area contributed by atoms with Gasteiger partial charge in [-0.15, -0.1) is 0 Å². The van der Waals surface area contributed by atoms with E-state index in [0.717, 1.165) is 16.8 Å². The fraction of sp³-hybridized carbons (Fsp3) is 0.222. The van der Waals surface area contributed by atoms with Gasteiger partial charge < -0.3 is 5.11 Å². The van der Waals surface area contributed by atoms with Gasteiger partial charge in [-0.2, -0.15) is 0 Å². The molecule has 70 valence electrons. The summed E-state index contributed by atoms with van der Waals surface area (Å²) >= 11 is 0. The Kier molecular flexibility index (Phi) is 3.42. The summed E-state index contributed by atoms with van der Waals surface area (Å²) < 4.78 is 0. The molecule has 0 atom stereocenters. The maximum atomic E-state index is 8.95. The van der Waals surface area contributed by atoms with E-state index < -0.39 is 0 Å². The third-order valence-corrected chi connectivity index (χ3v) is 1.85. The maximum absolute atomic E-state index is 8.95. The third-order valence-electron chi connectivity index (χ3n) is 1.85. The van der Waals surface area contributed by atoms with Crippen molar-refractivity contribution in [3.05, 3.63) is 29.3 Å². The molecule has 0 fully saturated rings. The summed E-state index contributed by atoms with van der Waals surface area (Å²) in [6, 6.07) is 5.45. The van der Waals surface area contributed by atoms with E-state index in [9.17, 15) is 0 Å². The topological polar surface area (TPSA) is 64.9 Å². The Bertz CT molecular complexity index is 310. The first-order chi connectivity index (χ1) is 6.29. The molecule has 13 heavy (non-hydrogen) atoms. The van der Waals surface area contributed by atoms with Crippen LogP contribution in [0.4, 0.5) is 5.69 Å². The molecule has 0 saturated carbocycles. The van der Waals surface area contributed by atoms with Crippen molar-refractivity contribution in [3.8, 4) is 0 Å². The second kappa shape index (κ2) is 4.59. The normalized spacial score (nSPS) is 10.7. The van der Waals surface area contributed by atoms with Crippen LogP contribution in [0.25, 0.3) is 0 Å². The van der Waals surface area contributed by atoms with Crippen LogP contribution in [0.3, 0.4) is 0 Å². The van der Waals surface area contributed by atoms with Gasteiger partial charge in [-0.3, -0.25) is 10.7 Å². The van der Waals surface area contributed by atoms with E-state index >= 15 is 0 Å². The highest BCUT2D eigenvalue weighted by Gasteiger charge is 2.00. The smallest absolute Gasteiger partial charge is 0.113 e. The molecule has 4 heteroatoms. The molecular formula is C9H12N2O2. The van der Waals surface area contributed by atoms with Crippen LogP contribution in [0.5, 0.6) is 0 Å². The zero-order valence-corrected chi connectivity index (χ0v) is 7.36. The van der Waals surface area contributed by atoms with Crippen LogP contribution in [0, 0.1) is 6.92 Å². The van der Waals surface area contributed by atoms with Crippen LogP contribution in [0.2, 0.25) is 0 Å². The van der Waals surface area contributed by atoms with Crippen molar-refractivity contribution >= 4 is 12.0 Å². The molecule has 0 unspecified atom stereocenters. The standard InChI is InChI=1S/C9H12N2O2/c1-7-8(5-12)3-2-4-9(7)10-6-11-13/h2-4,6,12-13H,5H2,1H3,(H,10,11). The Hall–Kier alpha value is -1.39. The highest BCUT2D eigenvalue weighted by molar-refractivity contribution is 5.62. The second-order valence-corrected chi connectivity index (χ2v) is 2.61. The average Bonchev–Trinajstić information content (AvgIpc) is 2.16. The highest BCUT2D eigenvalue weighted by Crippen LogP contribution is 2.21. The van der Waals surface area contributed by atoms with E-state index in [1.165, 1.54) is 6.34 Å². The molecule has 0 saturated heterocycles. The first-order valence-corrected chi connectivity index (χ1v) is 3.91. The summed E-state index contributed by atoms with van der Waals surface area (Å²) in [5.41, 5.74) is 4.31. The minimum absolute atomic E-state index is 0.00173.